The smallest absolute Gasteiger partial charge is 0.265 e. The Bertz CT molecular complexity index is 1430. The van der Waals surface area contributed by atoms with Crippen molar-refractivity contribution in [3.05, 3.63) is 94.5 Å². The molecular formula is C23H18N4O2. The topological polar surface area (TPSA) is 79.3 Å². The van der Waals surface area contributed by atoms with Gasteiger partial charge in [-0.25, -0.2) is 4.98 Å². The van der Waals surface area contributed by atoms with Crippen molar-refractivity contribution in [2.24, 2.45) is 0 Å². The first kappa shape index (κ1) is 17.2. The Kier molecular flexibility index (Phi) is 4.09. The molecule has 6 heteroatoms. The summed E-state index contributed by atoms with van der Waals surface area (Å²) < 4.78 is 1.43. The number of para-hydroxylation sites is 2. The number of nitrogens with one attached hydrogen (secondary N) is 2. The molecular weight excluding hydrogens is 364 g/mol. The zero-order valence-corrected chi connectivity index (χ0v) is 15.6. The number of pyridine rings is 1. The molecule has 0 unspecified atom stereocenters. The Labute approximate surface area is 165 Å². The molecule has 5 aromatic rings. The molecule has 3 heterocycles. The Morgan fingerprint density at radius 3 is 2.69 bits per heavy atom. The van der Waals surface area contributed by atoms with E-state index in [1.165, 1.54) is 4.40 Å². The van der Waals surface area contributed by atoms with Crippen molar-refractivity contribution in [3.63, 3.8) is 0 Å². The third kappa shape index (κ3) is 2.95. The van der Waals surface area contributed by atoms with Gasteiger partial charge in [-0.15, -0.1) is 0 Å². The molecule has 2 aromatic carbocycles. The van der Waals surface area contributed by atoms with Crippen LogP contribution in [0.4, 0.5) is 0 Å². The molecule has 0 atom stereocenters. The van der Waals surface area contributed by atoms with Crippen molar-refractivity contribution in [1.29, 1.82) is 0 Å². The quantitative estimate of drug-likeness (QED) is 0.468. The second kappa shape index (κ2) is 6.91. The largest absolute Gasteiger partial charge is 0.361 e. The van der Waals surface area contributed by atoms with Crippen LogP contribution in [0.5, 0.6) is 0 Å². The molecule has 6 nitrogen and oxygen atoms in total. The summed E-state index contributed by atoms with van der Waals surface area (Å²) >= 11 is 0. The monoisotopic (exact) mass is 382 g/mol. The van der Waals surface area contributed by atoms with Crippen LogP contribution in [0, 0.1) is 0 Å². The fourth-order valence-electron chi connectivity index (χ4n) is 3.70. The number of aromatic amines is 1. The van der Waals surface area contributed by atoms with E-state index >= 15 is 0 Å². The number of rotatable bonds is 4. The highest BCUT2D eigenvalue weighted by Crippen LogP contribution is 2.18. The summed E-state index contributed by atoms with van der Waals surface area (Å²) in [4.78, 5) is 33.4. The minimum Gasteiger partial charge on any atom is -0.361 e. The van der Waals surface area contributed by atoms with Crippen molar-refractivity contribution in [2.75, 3.05) is 6.54 Å². The lowest BCUT2D eigenvalue weighted by atomic mass is 10.1. The van der Waals surface area contributed by atoms with Gasteiger partial charge in [-0.3, -0.25) is 14.0 Å². The molecule has 0 bridgehead atoms. The van der Waals surface area contributed by atoms with Gasteiger partial charge in [0.1, 0.15) is 0 Å². The molecule has 0 spiro atoms. The summed E-state index contributed by atoms with van der Waals surface area (Å²) in [6, 6.07) is 18.6. The van der Waals surface area contributed by atoms with E-state index in [4.69, 9.17) is 0 Å². The number of carbonyl (C=O) groups excluding carboxylic acids is 1. The van der Waals surface area contributed by atoms with Gasteiger partial charge < -0.3 is 10.3 Å². The molecule has 29 heavy (non-hydrogen) atoms. The molecule has 0 aliphatic carbocycles. The minimum atomic E-state index is -0.245. The molecule has 0 fully saturated rings. The molecule has 0 saturated heterocycles. The molecule has 3 aromatic heterocycles. The van der Waals surface area contributed by atoms with Crippen LogP contribution in [0.2, 0.25) is 0 Å². The summed E-state index contributed by atoms with van der Waals surface area (Å²) in [7, 11) is 0. The number of carbonyl (C=O) groups is 1. The predicted octanol–water partition coefficient (Wildman–Crippen LogP) is 3.30. The highest BCUT2D eigenvalue weighted by Gasteiger charge is 2.14. The minimum absolute atomic E-state index is 0.181. The van der Waals surface area contributed by atoms with Crippen molar-refractivity contribution >= 4 is 33.4 Å². The molecule has 1 amide bonds. The highest BCUT2D eigenvalue weighted by molar-refractivity contribution is 6.00. The zero-order chi connectivity index (χ0) is 19.8. The van der Waals surface area contributed by atoms with Gasteiger partial charge in [-0.05, 0) is 42.3 Å². The SMILES string of the molecule is O=C(NCCc1c[nH]c2ccccc12)c1cccn2c(=O)c3ccccc3nc12. The van der Waals surface area contributed by atoms with Crippen molar-refractivity contribution < 1.29 is 4.79 Å². The van der Waals surface area contributed by atoms with Crippen LogP contribution in [-0.4, -0.2) is 26.8 Å². The Balaban J connectivity index is 1.43. The number of fused-ring (bicyclic) bond motifs is 3. The maximum absolute atomic E-state index is 12.8. The van der Waals surface area contributed by atoms with E-state index in [1.54, 1.807) is 36.5 Å². The molecule has 5 rings (SSSR count). The first-order valence-corrected chi connectivity index (χ1v) is 9.46. The first-order valence-electron chi connectivity index (χ1n) is 9.46. The van der Waals surface area contributed by atoms with Crippen molar-refractivity contribution in [2.45, 2.75) is 6.42 Å². The fraction of sp³-hybridized carbons (Fsp3) is 0.0870. The van der Waals surface area contributed by atoms with E-state index in [2.05, 4.69) is 21.4 Å². The summed E-state index contributed by atoms with van der Waals surface area (Å²) in [5.74, 6) is -0.245. The van der Waals surface area contributed by atoms with Gasteiger partial charge in [0.05, 0.1) is 16.5 Å². The Morgan fingerprint density at radius 1 is 1.00 bits per heavy atom. The third-order valence-electron chi connectivity index (χ3n) is 5.15. The van der Waals surface area contributed by atoms with Gasteiger partial charge in [-0.2, -0.15) is 0 Å². The van der Waals surface area contributed by atoms with E-state index < -0.39 is 0 Å². The first-order chi connectivity index (χ1) is 14.2. The lowest BCUT2D eigenvalue weighted by Crippen LogP contribution is -2.27. The number of amides is 1. The van der Waals surface area contributed by atoms with Crippen molar-refractivity contribution in [3.8, 4) is 0 Å². The Morgan fingerprint density at radius 2 is 1.79 bits per heavy atom. The second-order valence-corrected chi connectivity index (χ2v) is 6.91. The van der Waals surface area contributed by atoms with Gasteiger partial charge in [0.15, 0.2) is 5.65 Å². The van der Waals surface area contributed by atoms with Gasteiger partial charge in [0.25, 0.3) is 11.5 Å². The number of benzene rings is 2. The van der Waals surface area contributed by atoms with E-state index in [1.807, 2.05) is 30.5 Å². The van der Waals surface area contributed by atoms with Crippen LogP contribution in [0.1, 0.15) is 15.9 Å². The average molecular weight is 382 g/mol. The second-order valence-electron chi connectivity index (χ2n) is 6.91. The normalized spacial score (nSPS) is 11.3. The average Bonchev–Trinajstić information content (AvgIpc) is 3.17. The number of hydrogen-bond acceptors (Lipinski definition) is 3. The fourth-order valence-corrected chi connectivity index (χ4v) is 3.70. The Hall–Kier alpha value is -3.93. The van der Waals surface area contributed by atoms with Gasteiger partial charge >= 0.3 is 0 Å². The lowest BCUT2D eigenvalue weighted by molar-refractivity contribution is 0.0955. The van der Waals surface area contributed by atoms with Crippen LogP contribution >= 0.6 is 0 Å². The number of H-pyrrole nitrogens is 1. The summed E-state index contributed by atoms with van der Waals surface area (Å²) in [5.41, 5.74) is 3.38. The number of nitrogens with zero attached hydrogens (tertiary/aromatic N) is 2. The molecule has 0 saturated carbocycles. The van der Waals surface area contributed by atoms with E-state index in [9.17, 15) is 9.59 Å². The van der Waals surface area contributed by atoms with Gasteiger partial charge in [0.2, 0.25) is 0 Å². The molecule has 0 radical (unpaired) electrons. The molecule has 0 aliphatic heterocycles. The van der Waals surface area contributed by atoms with E-state index in [0.717, 1.165) is 16.5 Å². The summed E-state index contributed by atoms with van der Waals surface area (Å²) in [6.07, 6.45) is 4.32. The van der Waals surface area contributed by atoms with Crippen LogP contribution < -0.4 is 10.9 Å². The molecule has 142 valence electrons. The zero-order valence-electron chi connectivity index (χ0n) is 15.6. The van der Waals surface area contributed by atoms with Gasteiger partial charge in [-0.1, -0.05) is 30.3 Å². The number of aromatic nitrogens is 3. The van der Waals surface area contributed by atoms with E-state index in [0.29, 0.717) is 35.1 Å². The van der Waals surface area contributed by atoms with Crippen LogP contribution in [-0.2, 0) is 6.42 Å². The maximum atomic E-state index is 12.8. The maximum Gasteiger partial charge on any atom is 0.265 e. The third-order valence-corrected chi connectivity index (χ3v) is 5.15. The summed E-state index contributed by atoms with van der Waals surface area (Å²) in [6.45, 7) is 0.486. The lowest BCUT2D eigenvalue weighted by Gasteiger charge is -2.09. The molecule has 2 N–H and O–H groups in total. The summed E-state index contributed by atoms with van der Waals surface area (Å²) in [5, 5.41) is 4.64. The van der Waals surface area contributed by atoms with Gasteiger partial charge in [0, 0.05) is 29.8 Å². The number of hydrogen-bond donors (Lipinski definition) is 2. The molecule has 0 aliphatic rings. The van der Waals surface area contributed by atoms with E-state index in [-0.39, 0.29) is 11.5 Å². The van der Waals surface area contributed by atoms with Crippen LogP contribution in [0.15, 0.2) is 77.9 Å². The van der Waals surface area contributed by atoms with Crippen LogP contribution in [0.3, 0.4) is 0 Å². The van der Waals surface area contributed by atoms with Crippen molar-refractivity contribution in [1.82, 2.24) is 19.7 Å². The van der Waals surface area contributed by atoms with Crippen LogP contribution in [0.25, 0.3) is 27.5 Å². The standard InChI is InChI=1S/C23H18N4O2/c28-22(24-12-11-15-14-25-19-9-3-1-6-16(15)19)18-8-5-13-27-21(18)26-20-10-4-2-7-17(20)23(27)29/h1-10,13-14,25H,11-12H2,(H,24,28). The highest BCUT2D eigenvalue weighted by atomic mass is 16.1. The predicted molar refractivity (Wildman–Crippen MR) is 113 cm³/mol.